The van der Waals surface area contributed by atoms with Crippen molar-refractivity contribution >= 4 is 11.9 Å². The van der Waals surface area contributed by atoms with E-state index in [4.69, 9.17) is 14.2 Å². The Morgan fingerprint density at radius 1 is 1.19 bits per heavy atom. The minimum atomic E-state index is -0.518. The van der Waals surface area contributed by atoms with Gasteiger partial charge in [-0.05, 0) is 46.8 Å². The third kappa shape index (κ3) is 8.60. The third-order valence-electron chi connectivity index (χ3n) is 3.08. The monoisotopic (exact) mass is 365 g/mol. The van der Waals surface area contributed by atoms with Crippen molar-refractivity contribution < 1.29 is 19.0 Å². The van der Waals surface area contributed by atoms with E-state index in [2.05, 4.69) is 15.6 Å². The third-order valence-corrected chi connectivity index (χ3v) is 3.08. The van der Waals surface area contributed by atoms with Crippen LogP contribution in [0.15, 0.2) is 29.3 Å². The molecule has 0 aliphatic heterocycles. The maximum absolute atomic E-state index is 11.8. The van der Waals surface area contributed by atoms with Crippen molar-refractivity contribution in [1.29, 1.82) is 0 Å². The Kier molecular flexibility index (Phi) is 8.75. The molecule has 1 atom stereocenters. The molecule has 0 aliphatic rings. The van der Waals surface area contributed by atoms with E-state index in [9.17, 15) is 4.79 Å². The normalized spacial score (nSPS) is 12.9. The van der Waals surface area contributed by atoms with Gasteiger partial charge < -0.3 is 24.8 Å². The number of methoxy groups -OCH3 is 1. The van der Waals surface area contributed by atoms with Crippen LogP contribution >= 0.6 is 0 Å². The number of esters is 1. The number of hydrogen-bond acceptors (Lipinski definition) is 5. The van der Waals surface area contributed by atoms with Gasteiger partial charge in [0.15, 0.2) is 17.5 Å². The van der Waals surface area contributed by atoms with Gasteiger partial charge in [0.05, 0.1) is 13.7 Å². The molecule has 7 heteroatoms. The molecule has 1 unspecified atom stereocenters. The number of guanidine groups is 1. The molecule has 1 aromatic carbocycles. The average molecular weight is 365 g/mol. The summed E-state index contributed by atoms with van der Waals surface area (Å²) < 4.78 is 16.4. The molecule has 0 heterocycles. The Morgan fingerprint density at radius 3 is 2.42 bits per heavy atom. The van der Waals surface area contributed by atoms with Gasteiger partial charge in [-0.25, -0.2) is 4.99 Å². The lowest BCUT2D eigenvalue weighted by atomic mass is 10.2. The summed E-state index contributed by atoms with van der Waals surface area (Å²) in [5.41, 5.74) is -0.518. The lowest BCUT2D eigenvalue weighted by molar-refractivity contribution is -0.152. The lowest BCUT2D eigenvalue weighted by Crippen LogP contribution is -2.42. The molecule has 0 radical (unpaired) electrons. The van der Waals surface area contributed by atoms with Crippen molar-refractivity contribution in [2.75, 3.05) is 26.7 Å². The summed E-state index contributed by atoms with van der Waals surface area (Å²) in [6, 6.07) is 7.49. The fraction of sp³-hybridized carbons (Fsp3) is 0.579. The van der Waals surface area contributed by atoms with E-state index in [1.54, 1.807) is 7.11 Å². The Balaban J connectivity index is 2.56. The molecule has 0 amide bonds. The SMILES string of the molecule is CCNC(=NCC(=O)OC(C)(C)C)NCC(C)Oc1ccccc1OC. The number of hydrogen-bond donors (Lipinski definition) is 2. The molecule has 0 saturated heterocycles. The number of carbonyl (C=O) groups excluding carboxylic acids is 1. The molecule has 0 bridgehead atoms. The molecule has 0 aliphatic carbocycles. The van der Waals surface area contributed by atoms with Gasteiger partial charge in [0.25, 0.3) is 0 Å². The maximum Gasteiger partial charge on any atom is 0.328 e. The minimum absolute atomic E-state index is 0.0473. The van der Waals surface area contributed by atoms with Crippen molar-refractivity contribution in [3.05, 3.63) is 24.3 Å². The highest BCUT2D eigenvalue weighted by atomic mass is 16.6. The zero-order valence-electron chi connectivity index (χ0n) is 16.6. The van der Waals surface area contributed by atoms with E-state index in [0.29, 0.717) is 30.5 Å². The zero-order chi connectivity index (χ0) is 19.6. The lowest BCUT2D eigenvalue weighted by Gasteiger charge is -2.20. The second-order valence-corrected chi connectivity index (χ2v) is 6.74. The van der Waals surface area contributed by atoms with E-state index < -0.39 is 5.60 Å². The highest BCUT2D eigenvalue weighted by Crippen LogP contribution is 2.26. The number of nitrogens with one attached hydrogen (secondary N) is 2. The number of ether oxygens (including phenoxy) is 3. The van der Waals surface area contributed by atoms with Crippen LogP contribution in [0, 0.1) is 0 Å². The number of aliphatic imine (C=N–C) groups is 1. The Bertz CT molecular complexity index is 597. The minimum Gasteiger partial charge on any atom is -0.493 e. The summed E-state index contributed by atoms with van der Waals surface area (Å²) in [7, 11) is 1.61. The van der Waals surface area contributed by atoms with Crippen LogP contribution in [0.3, 0.4) is 0 Å². The van der Waals surface area contributed by atoms with E-state index >= 15 is 0 Å². The summed E-state index contributed by atoms with van der Waals surface area (Å²) in [5.74, 6) is 1.53. The van der Waals surface area contributed by atoms with Crippen LogP contribution in [0.2, 0.25) is 0 Å². The van der Waals surface area contributed by atoms with Crippen LogP contribution in [-0.2, 0) is 9.53 Å². The van der Waals surface area contributed by atoms with Gasteiger partial charge in [-0.1, -0.05) is 12.1 Å². The van der Waals surface area contributed by atoms with Gasteiger partial charge in [0.1, 0.15) is 18.2 Å². The number of carbonyl (C=O) groups is 1. The van der Waals surface area contributed by atoms with Crippen molar-refractivity contribution in [1.82, 2.24) is 10.6 Å². The first-order chi connectivity index (χ1) is 12.2. The van der Waals surface area contributed by atoms with Gasteiger partial charge in [0.2, 0.25) is 0 Å². The van der Waals surface area contributed by atoms with Crippen LogP contribution in [-0.4, -0.2) is 50.4 Å². The number of rotatable bonds is 8. The standard InChI is InChI=1S/C19H31N3O4/c1-7-20-18(22-13-17(23)26-19(3,4)5)21-12-14(2)25-16-11-9-8-10-15(16)24-6/h8-11,14H,7,12-13H2,1-6H3,(H2,20,21,22). The molecule has 0 aromatic heterocycles. The smallest absolute Gasteiger partial charge is 0.328 e. The molecule has 0 saturated carbocycles. The van der Waals surface area contributed by atoms with Crippen LogP contribution in [0.5, 0.6) is 11.5 Å². The van der Waals surface area contributed by atoms with Crippen LogP contribution in [0.25, 0.3) is 0 Å². The highest BCUT2D eigenvalue weighted by molar-refractivity contribution is 5.83. The summed E-state index contributed by atoms with van der Waals surface area (Å²) in [6.45, 7) is 10.5. The summed E-state index contributed by atoms with van der Waals surface area (Å²) in [6.07, 6.45) is -0.128. The van der Waals surface area contributed by atoms with Crippen LogP contribution < -0.4 is 20.1 Å². The van der Waals surface area contributed by atoms with Crippen LogP contribution in [0.4, 0.5) is 0 Å². The number of nitrogens with zero attached hydrogens (tertiary/aromatic N) is 1. The average Bonchev–Trinajstić information content (AvgIpc) is 2.56. The van der Waals surface area contributed by atoms with Gasteiger partial charge in [-0.2, -0.15) is 0 Å². The number of para-hydroxylation sites is 2. The van der Waals surface area contributed by atoms with E-state index in [1.807, 2.05) is 58.9 Å². The Morgan fingerprint density at radius 2 is 1.85 bits per heavy atom. The molecule has 2 N–H and O–H groups in total. The predicted molar refractivity (Wildman–Crippen MR) is 103 cm³/mol. The molecular formula is C19H31N3O4. The second-order valence-electron chi connectivity index (χ2n) is 6.74. The van der Waals surface area contributed by atoms with Crippen molar-refractivity contribution in [2.45, 2.75) is 46.3 Å². The molecule has 0 fully saturated rings. The predicted octanol–water partition coefficient (Wildman–Crippen LogP) is 2.36. The number of benzene rings is 1. The summed E-state index contributed by atoms with van der Waals surface area (Å²) >= 11 is 0. The van der Waals surface area contributed by atoms with E-state index in [0.717, 1.165) is 0 Å². The van der Waals surface area contributed by atoms with Gasteiger partial charge in [0, 0.05) is 6.54 Å². The first-order valence-corrected chi connectivity index (χ1v) is 8.79. The topological polar surface area (TPSA) is 81.2 Å². The van der Waals surface area contributed by atoms with Gasteiger partial charge in [-0.15, -0.1) is 0 Å². The molecule has 7 nitrogen and oxygen atoms in total. The van der Waals surface area contributed by atoms with Crippen molar-refractivity contribution in [2.24, 2.45) is 4.99 Å². The quantitative estimate of drug-likeness (QED) is 0.418. The van der Waals surface area contributed by atoms with E-state index in [1.165, 1.54) is 0 Å². The molecule has 146 valence electrons. The van der Waals surface area contributed by atoms with E-state index in [-0.39, 0.29) is 18.6 Å². The molecular weight excluding hydrogens is 334 g/mol. The molecule has 26 heavy (non-hydrogen) atoms. The fourth-order valence-electron chi connectivity index (χ4n) is 2.07. The molecule has 0 spiro atoms. The van der Waals surface area contributed by atoms with Crippen molar-refractivity contribution in [3.63, 3.8) is 0 Å². The first-order valence-electron chi connectivity index (χ1n) is 8.79. The largest absolute Gasteiger partial charge is 0.493 e. The zero-order valence-corrected chi connectivity index (χ0v) is 16.6. The first kappa shape index (κ1) is 21.6. The van der Waals surface area contributed by atoms with Gasteiger partial charge in [-0.3, -0.25) is 4.79 Å². The summed E-state index contributed by atoms with van der Waals surface area (Å²) in [5, 5.41) is 6.26. The highest BCUT2D eigenvalue weighted by Gasteiger charge is 2.16. The van der Waals surface area contributed by atoms with Gasteiger partial charge >= 0.3 is 5.97 Å². The van der Waals surface area contributed by atoms with Crippen LogP contribution in [0.1, 0.15) is 34.6 Å². The molecule has 1 rings (SSSR count). The molecule has 1 aromatic rings. The maximum atomic E-state index is 11.8. The Labute approximate surface area is 156 Å². The fourth-order valence-corrected chi connectivity index (χ4v) is 2.07. The Hall–Kier alpha value is -2.44. The van der Waals surface area contributed by atoms with Crippen molar-refractivity contribution in [3.8, 4) is 11.5 Å². The second kappa shape index (κ2) is 10.5. The summed E-state index contributed by atoms with van der Waals surface area (Å²) in [4.78, 5) is 16.0.